The van der Waals surface area contributed by atoms with Crippen LogP contribution in [0.2, 0.25) is 0 Å². The van der Waals surface area contributed by atoms with Gasteiger partial charge in [-0.1, -0.05) is 72.8 Å². The minimum Gasteiger partial charge on any atom is -0.423 e. The Hall–Kier alpha value is -2.98. The summed E-state index contributed by atoms with van der Waals surface area (Å²) in [5, 5.41) is 10.8. The van der Waals surface area contributed by atoms with E-state index in [0.717, 1.165) is 11.1 Å². The fourth-order valence-electron chi connectivity index (χ4n) is 3.17. The number of aromatic nitrogens is 2. The average Bonchev–Trinajstić information content (AvgIpc) is 3.12. The third-order valence-electron chi connectivity index (χ3n) is 4.54. The van der Waals surface area contributed by atoms with Crippen molar-refractivity contribution in [2.45, 2.75) is 25.3 Å². The minimum atomic E-state index is -0.698. The number of fused-ring (bicyclic) bond motifs is 1. The molecule has 0 aliphatic heterocycles. The maximum absolute atomic E-state index is 6.45. The van der Waals surface area contributed by atoms with E-state index in [2.05, 4.69) is 52.7 Å². The zero-order valence-electron chi connectivity index (χ0n) is 14.7. The normalized spacial score (nSPS) is 13.6. The third-order valence-corrected chi connectivity index (χ3v) is 4.54. The van der Waals surface area contributed by atoms with Gasteiger partial charge in [-0.3, -0.25) is 0 Å². The second-order valence-electron chi connectivity index (χ2n) is 6.94. The molecule has 3 aromatic carbocycles. The maximum Gasteiger partial charge on any atom is 0.236 e. The van der Waals surface area contributed by atoms with Crippen LogP contribution >= 0.6 is 0 Å². The smallest absolute Gasteiger partial charge is 0.236 e. The number of hydrogen-bond acceptors (Lipinski definition) is 4. The lowest BCUT2D eigenvalue weighted by Crippen LogP contribution is -2.35. The lowest BCUT2D eigenvalue weighted by atomic mass is 9.94. The van der Waals surface area contributed by atoms with Crippen LogP contribution < -0.4 is 5.73 Å². The van der Waals surface area contributed by atoms with E-state index < -0.39 is 5.54 Å². The Morgan fingerprint density at radius 2 is 1.58 bits per heavy atom. The molecule has 4 heteroatoms. The number of nitrogens with two attached hydrogens (primary N) is 1. The first-order chi connectivity index (χ1) is 12.6. The minimum absolute atomic E-state index is 0.470. The fourth-order valence-corrected chi connectivity index (χ4v) is 3.17. The van der Waals surface area contributed by atoms with Gasteiger partial charge in [-0.25, -0.2) is 0 Å². The van der Waals surface area contributed by atoms with Crippen molar-refractivity contribution in [2.75, 3.05) is 0 Å². The van der Waals surface area contributed by atoms with Crippen LogP contribution in [0, 0.1) is 0 Å². The molecule has 0 unspecified atom stereocenters. The fraction of sp³-hybridized carbons (Fsp3) is 0.182. The molecule has 130 valence electrons. The summed E-state index contributed by atoms with van der Waals surface area (Å²) in [4.78, 5) is 0. The molecular weight excluding hydrogens is 322 g/mol. The topological polar surface area (TPSA) is 64.9 Å². The van der Waals surface area contributed by atoms with E-state index in [9.17, 15) is 0 Å². The van der Waals surface area contributed by atoms with E-state index in [4.69, 9.17) is 10.2 Å². The van der Waals surface area contributed by atoms with Gasteiger partial charge in [0.2, 0.25) is 11.8 Å². The number of hydrogen-bond donors (Lipinski definition) is 1. The first-order valence-corrected chi connectivity index (χ1v) is 8.73. The van der Waals surface area contributed by atoms with Gasteiger partial charge in [0.05, 0.1) is 12.0 Å². The molecule has 2 N–H and O–H groups in total. The van der Waals surface area contributed by atoms with Crippen LogP contribution in [0.3, 0.4) is 0 Å². The molecular formula is C22H21N3O. The van der Waals surface area contributed by atoms with Gasteiger partial charge >= 0.3 is 0 Å². The zero-order chi connectivity index (χ0) is 18.0. The molecule has 0 spiro atoms. The SMILES string of the molecule is C[C@@](N)(Cc1ccccc1)c1nnc(Cc2ccc3ccccc3c2)o1. The molecule has 4 rings (SSSR count). The zero-order valence-corrected chi connectivity index (χ0v) is 14.7. The van der Waals surface area contributed by atoms with Gasteiger partial charge in [-0.05, 0) is 35.2 Å². The first kappa shape index (κ1) is 16.5. The highest BCUT2D eigenvalue weighted by Gasteiger charge is 2.28. The largest absolute Gasteiger partial charge is 0.423 e. The molecule has 1 aromatic heterocycles. The predicted octanol–water partition coefficient (Wildman–Crippen LogP) is 4.23. The molecule has 0 fully saturated rings. The molecule has 1 heterocycles. The molecule has 26 heavy (non-hydrogen) atoms. The van der Waals surface area contributed by atoms with Crippen molar-refractivity contribution in [2.24, 2.45) is 5.73 Å². The average molecular weight is 343 g/mol. The van der Waals surface area contributed by atoms with E-state index >= 15 is 0 Å². The summed E-state index contributed by atoms with van der Waals surface area (Å²) >= 11 is 0. The summed E-state index contributed by atoms with van der Waals surface area (Å²) in [5.74, 6) is 1.05. The van der Waals surface area contributed by atoms with Crippen LogP contribution in [-0.4, -0.2) is 10.2 Å². The van der Waals surface area contributed by atoms with Gasteiger partial charge in [0.25, 0.3) is 0 Å². The highest BCUT2D eigenvalue weighted by atomic mass is 16.4. The van der Waals surface area contributed by atoms with Crippen LogP contribution in [0.25, 0.3) is 10.8 Å². The summed E-state index contributed by atoms with van der Waals surface area (Å²) in [6.07, 6.45) is 1.24. The van der Waals surface area contributed by atoms with E-state index in [1.54, 1.807) is 0 Å². The number of nitrogens with zero attached hydrogens (tertiary/aromatic N) is 2. The second-order valence-corrected chi connectivity index (χ2v) is 6.94. The molecule has 4 aromatic rings. The third kappa shape index (κ3) is 3.51. The molecule has 4 nitrogen and oxygen atoms in total. The van der Waals surface area contributed by atoms with Gasteiger partial charge < -0.3 is 10.2 Å². The molecule has 1 atom stereocenters. The highest BCUT2D eigenvalue weighted by molar-refractivity contribution is 5.83. The molecule has 0 bridgehead atoms. The van der Waals surface area contributed by atoms with E-state index in [0.29, 0.717) is 24.6 Å². The molecule has 0 saturated carbocycles. The first-order valence-electron chi connectivity index (χ1n) is 8.73. The van der Waals surface area contributed by atoms with E-state index in [-0.39, 0.29) is 0 Å². The van der Waals surface area contributed by atoms with Crippen LogP contribution in [0.5, 0.6) is 0 Å². The van der Waals surface area contributed by atoms with Gasteiger partial charge in [-0.15, -0.1) is 10.2 Å². The van der Waals surface area contributed by atoms with Crippen molar-refractivity contribution < 1.29 is 4.42 Å². The Morgan fingerprint density at radius 1 is 0.846 bits per heavy atom. The maximum atomic E-state index is 6.45. The second kappa shape index (κ2) is 6.73. The Labute approximate surface area is 152 Å². The lowest BCUT2D eigenvalue weighted by Gasteiger charge is -2.20. The van der Waals surface area contributed by atoms with E-state index in [1.165, 1.54) is 10.8 Å². The summed E-state index contributed by atoms with van der Waals surface area (Å²) in [6, 6.07) is 24.8. The van der Waals surface area contributed by atoms with Crippen molar-refractivity contribution in [1.82, 2.24) is 10.2 Å². The summed E-state index contributed by atoms with van der Waals surface area (Å²) in [5.41, 5.74) is 8.04. The Balaban J connectivity index is 1.53. The van der Waals surface area contributed by atoms with Crippen LogP contribution in [0.1, 0.15) is 29.8 Å². The van der Waals surface area contributed by atoms with Crippen molar-refractivity contribution >= 4 is 10.8 Å². The van der Waals surface area contributed by atoms with Crippen molar-refractivity contribution in [3.05, 3.63) is 95.7 Å². The Bertz CT molecular complexity index is 1020. The molecule has 0 aliphatic rings. The monoisotopic (exact) mass is 343 g/mol. The van der Waals surface area contributed by atoms with Gasteiger partial charge in [0, 0.05) is 0 Å². The highest BCUT2D eigenvalue weighted by Crippen LogP contribution is 2.23. The quantitative estimate of drug-likeness (QED) is 0.589. The molecule has 0 aliphatic carbocycles. The Kier molecular flexibility index (Phi) is 4.27. The number of benzene rings is 3. The van der Waals surface area contributed by atoms with Crippen LogP contribution in [-0.2, 0) is 18.4 Å². The number of rotatable bonds is 5. The Morgan fingerprint density at radius 3 is 2.38 bits per heavy atom. The molecule has 0 radical (unpaired) electrons. The summed E-state index contributed by atoms with van der Waals surface area (Å²) < 4.78 is 5.89. The standard InChI is InChI=1S/C22H21N3O/c1-22(23,15-16-7-3-2-4-8-16)21-25-24-20(26-21)14-17-11-12-18-9-5-6-10-19(18)13-17/h2-13H,14-15,23H2,1H3/t22-/m1/s1. The molecule has 0 amide bonds. The van der Waals surface area contributed by atoms with E-state index in [1.807, 2.05) is 37.3 Å². The van der Waals surface area contributed by atoms with Gasteiger partial charge in [0.1, 0.15) is 0 Å². The van der Waals surface area contributed by atoms with Gasteiger partial charge in [-0.2, -0.15) is 0 Å². The van der Waals surface area contributed by atoms with Crippen LogP contribution in [0.15, 0.2) is 77.2 Å². The van der Waals surface area contributed by atoms with Crippen LogP contribution in [0.4, 0.5) is 0 Å². The summed E-state index contributed by atoms with van der Waals surface area (Å²) in [7, 11) is 0. The van der Waals surface area contributed by atoms with Crippen molar-refractivity contribution in [3.8, 4) is 0 Å². The van der Waals surface area contributed by atoms with Gasteiger partial charge in [0.15, 0.2) is 0 Å². The van der Waals surface area contributed by atoms with Crippen molar-refractivity contribution in [1.29, 1.82) is 0 Å². The lowest BCUT2D eigenvalue weighted by molar-refractivity contribution is 0.339. The molecule has 0 saturated heterocycles. The predicted molar refractivity (Wildman–Crippen MR) is 103 cm³/mol. The summed E-state index contributed by atoms with van der Waals surface area (Å²) in [6.45, 7) is 1.92. The van der Waals surface area contributed by atoms with Crippen molar-refractivity contribution in [3.63, 3.8) is 0 Å².